The summed E-state index contributed by atoms with van der Waals surface area (Å²) in [6.45, 7) is 2.30. The molecule has 10 heteroatoms. The maximum Gasteiger partial charge on any atom is 0.407 e. The molecule has 0 bridgehead atoms. The lowest BCUT2D eigenvalue weighted by Crippen LogP contribution is -2.48. The van der Waals surface area contributed by atoms with E-state index in [2.05, 4.69) is 25.2 Å². The fraction of sp³-hybridized carbons (Fsp3) is 0.423. The molecule has 3 aromatic rings. The Bertz CT molecular complexity index is 1240. The average molecular weight is 490 g/mol. The number of piperazine rings is 1. The summed E-state index contributed by atoms with van der Waals surface area (Å²) in [5, 5.41) is 13.1. The topological polar surface area (TPSA) is 115 Å². The lowest BCUT2D eigenvalue weighted by molar-refractivity contribution is 0.142. The third-order valence-electron chi connectivity index (χ3n) is 7.05. The van der Waals surface area contributed by atoms with E-state index in [4.69, 9.17) is 5.11 Å². The fourth-order valence-electron chi connectivity index (χ4n) is 4.82. The summed E-state index contributed by atoms with van der Waals surface area (Å²) in [7, 11) is 1.73. The maximum atomic E-state index is 12.8. The Labute approximate surface area is 210 Å². The van der Waals surface area contributed by atoms with Crippen molar-refractivity contribution in [1.29, 1.82) is 0 Å². The van der Waals surface area contributed by atoms with Gasteiger partial charge in [-0.05, 0) is 49.2 Å². The summed E-state index contributed by atoms with van der Waals surface area (Å²) in [4.78, 5) is 42.8. The van der Waals surface area contributed by atoms with Crippen molar-refractivity contribution in [1.82, 2.24) is 25.2 Å². The van der Waals surface area contributed by atoms with Gasteiger partial charge in [-0.15, -0.1) is 0 Å². The van der Waals surface area contributed by atoms with Gasteiger partial charge in [0.15, 0.2) is 11.5 Å². The SMILES string of the molecule is CN(C(=O)NC1CCCCC1)c1ccc2cnc(-c3ccc(N4CCN(C(=O)O)CC4)cc3)nc2n1. The first kappa shape index (κ1) is 23.8. The summed E-state index contributed by atoms with van der Waals surface area (Å²) >= 11 is 0. The van der Waals surface area contributed by atoms with Gasteiger partial charge in [-0.25, -0.2) is 24.5 Å². The highest BCUT2D eigenvalue weighted by Crippen LogP contribution is 2.24. The van der Waals surface area contributed by atoms with Crippen LogP contribution in [0.25, 0.3) is 22.4 Å². The largest absolute Gasteiger partial charge is 0.465 e. The quantitative estimate of drug-likeness (QED) is 0.570. The number of nitrogens with one attached hydrogen (secondary N) is 1. The molecule has 188 valence electrons. The predicted octanol–water partition coefficient (Wildman–Crippen LogP) is 3.97. The Morgan fingerprint density at radius 1 is 0.972 bits per heavy atom. The number of anilines is 2. The summed E-state index contributed by atoms with van der Waals surface area (Å²) in [6.07, 6.45) is 6.48. The van der Waals surface area contributed by atoms with Crippen molar-refractivity contribution >= 4 is 34.7 Å². The zero-order chi connectivity index (χ0) is 25.1. The van der Waals surface area contributed by atoms with E-state index in [0.29, 0.717) is 43.5 Å². The van der Waals surface area contributed by atoms with Crippen molar-refractivity contribution < 1.29 is 14.7 Å². The van der Waals surface area contributed by atoms with Gasteiger partial charge < -0.3 is 20.2 Å². The Morgan fingerprint density at radius 2 is 1.69 bits per heavy atom. The third kappa shape index (κ3) is 5.17. The second kappa shape index (κ2) is 10.3. The molecule has 1 aromatic carbocycles. The van der Waals surface area contributed by atoms with Gasteiger partial charge >= 0.3 is 12.1 Å². The van der Waals surface area contributed by atoms with Crippen LogP contribution in [-0.4, -0.2) is 76.4 Å². The number of benzene rings is 1. The molecule has 0 radical (unpaired) electrons. The molecule has 36 heavy (non-hydrogen) atoms. The number of carbonyl (C=O) groups excluding carboxylic acids is 1. The number of carboxylic acid groups (broad SMARTS) is 1. The second-order valence-electron chi connectivity index (χ2n) is 9.42. The number of urea groups is 1. The number of carbonyl (C=O) groups is 2. The molecule has 0 spiro atoms. The zero-order valence-electron chi connectivity index (χ0n) is 20.4. The van der Waals surface area contributed by atoms with Gasteiger partial charge in [-0.2, -0.15) is 0 Å². The minimum absolute atomic E-state index is 0.150. The standard InChI is InChI=1S/C26H31N7O3/c1-31(25(34)28-20-5-3-2-4-6-20)22-12-9-19-17-27-23(30-24(19)29-22)18-7-10-21(11-8-18)32-13-15-33(16-14-32)26(35)36/h7-12,17,20H,2-6,13-16H2,1H3,(H,28,34)(H,35,36). The van der Waals surface area contributed by atoms with Gasteiger partial charge in [0.05, 0.1) is 0 Å². The second-order valence-corrected chi connectivity index (χ2v) is 9.42. The summed E-state index contributed by atoms with van der Waals surface area (Å²) in [5.41, 5.74) is 2.43. The lowest BCUT2D eigenvalue weighted by Gasteiger charge is -2.34. The smallest absolute Gasteiger partial charge is 0.407 e. The molecule has 2 N–H and O–H groups in total. The number of amides is 3. The number of aromatic nitrogens is 3. The molecule has 5 rings (SSSR count). The lowest BCUT2D eigenvalue weighted by atomic mass is 9.96. The highest BCUT2D eigenvalue weighted by molar-refractivity contribution is 5.92. The zero-order valence-corrected chi connectivity index (χ0v) is 20.4. The van der Waals surface area contributed by atoms with E-state index in [1.165, 1.54) is 16.2 Å². The Balaban J connectivity index is 1.29. The number of rotatable bonds is 4. The van der Waals surface area contributed by atoms with Gasteiger partial charge in [0.1, 0.15) is 5.82 Å². The summed E-state index contributed by atoms with van der Waals surface area (Å²) in [5.74, 6) is 1.10. The minimum Gasteiger partial charge on any atom is -0.465 e. The van der Waals surface area contributed by atoms with Gasteiger partial charge in [0.2, 0.25) is 0 Å². The first-order valence-electron chi connectivity index (χ1n) is 12.5. The van der Waals surface area contributed by atoms with Gasteiger partial charge in [-0.3, -0.25) is 4.90 Å². The van der Waals surface area contributed by atoms with E-state index in [-0.39, 0.29) is 12.1 Å². The molecule has 2 fully saturated rings. The molecule has 1 aliphatic carbocycles. The number of nitrogens with zero attached hydrogens (tertiary/aromatic N) is 6. The molecular weight excluding hydrogens is 458 g/mol. The normalized spacial score (nSPS) is 16.7. The predicted molar refractivity (Wildman–Crippen MR) is 138 cm³/mol. The van der Waals surface area contributed by atoms with Crippen LogP contribution in [0.1, 0.15) is 32.1 Å². The van der Waals surface area contributed by atoms with Crippen molar-refractivity contribution in [2.24, 2.45) is 0 Å². The van der Waals surface area contributed by atoms with Crippen LogP contribution in [0, 0.1) is 0 Å². The first-order chi connectivity index (χ1) is 17.5. The van der Waals surface area contributed by atoms with E-state index in [9.17, 15) is 9.59 Å². The van der Waals surface area contributed by atoms with E-state index >= 15 is 0 Å². The molecule has 3 heterocycles. The van der Waals surface area contributed by atoms with E-state index < -0.39 is 6.09 Å². The molecule has 2 aromatic heterocycles. The summed E-state index contributed by atoms with van der Waals surface area (Å²) in [6, 6.07) is 11.7. The van der Waals surface area contributed by atoms with Crippen LogP contribution in [-0.2, 0) is 0 Å². The molecule has 2 aliphatic rings. The van der Waals surface area contributed by atoms with E-state index in [0.717, 1.165) is 42.3 Å². The van der Waals surface area contributed by atoms with Crippen LogP contribution in [0.4, 0.5) is 21.1 Å². The highest BCUT2D eigenvalue weighted by atomic mass is 16.4. The molecule has 1 saturated heterocycles. The molecule has 1 aliphatic heterocycles. The van der Waals surface area contributed by atoms with E-state index in [1.807, 2.05) is 36.4 Å². The van der Waals surface area contributed by atoms with Crippen molar-refractivity contribution in [2.45, 2.75) is 38.1 Å². The monoisotopic (exact) mass is 489 g/mol. The van der Waals surface area contributed by atoms with Crippen LogP contribution in [0.5, 0.6) is 0 Å². The van der Waals surface area contributed by atoms with Gasteiger partial charge in [0.25, 0.3) is 0 Å². The molecule has 3 amide bonds. The average Bonchev–Trinajstić information content (AvgIpc) is 2.92. The Morgan fingerprint density at radius 3 is 2.39 bits per heavy atom. The molecule has 10 nitrogen and oxygen atoms in total. The molecule has 0 unspecified atom stereocenters. The number of pyridine rings is 1. The third-order valence-corrected chi connectivity index (χ3v) is 7.05. The molecule has 1 saturated carbocycles. The van der Waals surface area contributed by atoms with Crippen LogP contribution < -0.4 is 15.1 Å². The minimum atomic E-state index is -0.869. The fourth-order valence-corrected chi connectivity index (χ4v) is 4.82. The van der Waals surface area contributed by atoms with Crippen molar-refractivity contribution in [3.63, 3.8) is 0 Å². The van der Waals surface area contributed by atoms with Crippen molar-refractivity contribution in [3.8, 4) is 11.4 Å². The Kier molecular flexibility index (Phi) is 6.84. The van der Waals surface area contributed by atoms with E-state index in [1.54, 1.807) is 13.2 Å². The number of hydrogen-bond donors (Lipinski definition) is 2. The van der Waals surface area contributed by atoms with Crippen LogP contribution in [0.3, 0.4) is 0 Å². The number of fused-ring (bicyclic) bond motifs is 1. The first-order valence-corrected chi connectivity index (χ1v) is 12.5. The number of hydrogen-bond acceptors (Lipinski definition) is 6. The van der Waals surface area contributed by atoms with Crippen LogP contribution >= 0.6 is 0 Å². The van der Waals surface area contributed by atoms with Gasteiger partial charge in [0, 0.05) is 62.1 Å². The van der Waals surface area contributed by atoms with Crippen LogP contribution in [0.2, 0.25) is 0 Å². The van der Waals surface area contributed by atoms with Gasteiger partial charge in [-0.1, -0.05) is 19.3 Å². The molecular formula is C26H31N7O3. The van der Waals surface area contributed by atoms with Crippen LogP contribution in [0.15, 0.2) is 42.6 Å². The van der Waals surface area contributed by atoms with Crippen molar-refractivity contribution in [3.05, 3.63) is 42.6 Å². The summed E-state index contributed by atoms with van der Waals surface area (Å²) < 4.78 is 0. The highest BCUT2D eigenvalue weighted by Gasteiger charge is 2.21. The maximum absolute atomic E-state index is 12.8. The van der Waals surface area contributed by atoms with Crippen molar-refractivity contribution in [2.75, 3.05) is 43.0 Å². The molecule has 0 atom stereocenters. The Hall–Kier alpha value is -3.95.